The van der Waals surface area contributed by atoms with Gasteiger partial charge in [0.1, 0.15) is 0 Å². The topological polar surface area (TPSA) is 37.3 Å². The third-order valence-corrected chi connectivity index (χ3v) is 3.51. The third kappa shape index (κ3) is 3.66. The first-order valence-electron chi connectivity index (χ1n) is 6.46. The van der Waals surface area contributed by atoms with Crippen molar-refractivity contribution in [3.63, 3.8) is 0 Å². The standard InChI is InChI=1S/C14H24O2/c1-4-13(14(15)16)12-7-5-11(6-8-12)9-10(2)3/h7,10-11,13H,4-6,8-9H2,1-3H3,(H,15,16)/t11-,13+/m1/s1. The van der Waals surface area contributed by atoms with E-state index in [0.29, 0.717) is 0 Å². The first-order valence-corrected chi connectivity index (χ1v) is 6.46. The zero-order chi connectivity index (χ0) is 12.1. The number of aliphatic carboxylic acids is 1. The highest BCUT2D eigenvalue weighted by molar-refractivity contribution is 5.73. The second-order valence-electron chi connectivity index (χ2n) is 5.35. The maximum Gasteiger partial charge on any atom is 0.310 e. The van der Waals surface area contributed by atoms with Gasteiger partial charge < -0.3 is 5.11 Å². The lowest BCUT2D eigenvalue weighted by molar-refractivity contribution is -0.140. The van der Waals surface area contributed by atoms with Crippen molar-refractivity contribution in [3.05, 3.63) is 11.6 Å². The van der Waals surface area contributed by atoms with Crippen LogP contribution in [0.15, 0.2) is 11.6 Å². The molecule has 16 heavy (non-hydrogen) atoms. The van der Waals surface area contributed by atoms with E-state index in [9.17, 15) is 4.79 Å². The summed E-state index contributed by atoms with van der Waals surface area (Å²) < 4.78 is 0. The summed E-state index contributed by atoms with van der Waals surface area (Å²) >= 11 is 0. The van der Waals surface area contributed by atoms with Gasteiger partial charge in [-0.2, -0.15) is 0 Å². The van der Waals surface area contributed by atoms with E-state index in [0.717, 1.165) is 36.7 Å². The normalized spacial score (nSPS) is 23.0. The molecular formula is C14H24O2. The Balaban J connectivity index is 2.54. The first kappa shape index (κ1) is 13.3. The minimum absolute atomic E-state index is 0.236. The van der Waals surface area contributed by atoms with Crippen LogP contribution in [0.4, 0.5) is 0 Å². The summed E-state index contributed by atoms with van der Waals surface area (Å²) in [6.07, 6.45) is 7.43. The van der Waals surface area contributed by atoms with Crippen LogP contribution in [0.5, 0.6) is 0 Å². The van der Waals surface area contributed by atoms with Gasteiger partial charge in [0.15, 0.2) is 0 Å². The fourth-order valence-electron chi connectivity index (χ4n) is 2.70. The maximum atomic E-state index is 11.0. The summed E-state index contributed by atoms with van der Waals surface area (Å²) in [6.45, 7) is 6.47. The molecule has 1 aliphatic rings. The van der Waals surface area contributed by atoms with E-state index in [1.54, 1.807) is 0 Å². The van der Waals surface area contributed by atoms with Crippen molar-refractivity contribution < 1.29 is 9.90 Å². The fraction of sp³-hybridized carbons (Fsp3) is 0.786. The third-order valence-electron chi connectivity index (χ3n) is 3.51. The predicted molar refractivity (Wildman–Crippen MR) is 66.3 cm³/mol. The van der Waals surface area contributed by atoms with Crippen LogP contribution >= 0.6 is 0 Å². The molecule has 1 aliphatic carbocycles. The number of carboxylic acids is 1. The Morgan fingerprint density at radius 3 is 2.62 bits per heavy atom. The molecule has 0 aliphatic heterocycles. The van der Waals surface area contributed by atoms with Gasteiger partial charge >= 0.3 is 5.97 Å². The van der Waals surface area contributed by atoms with E-state index in [2.05, 4.69) is 19.9 Å². The molecule has 92 valence electrons. The van der Waals surface area contributed by atoms with Gasteiger partial charge in [-0.1, -0.05) is 32.4 Å². The highest BCUT2D eigenvalue weighted by atomic mass is 16.4. The average molecular weight is 224 g/mol. The Labute approximate surface area is 98.7 Å². The van der Waals surface area contributed by atoms with Crippen LogP contribution in [0, 0.1) is 17.8 Å². The highest BCUT2D eigenvalue weighted by Crippen LogP contribution is 2.32. The zero-order valence-electron chi connectivity index (χ0n) is 10.7. The van der Waals surface area contributed by atoms with Gasteiger partial charge in [0.2, 0.25) is 0 Å². The van der Waals surface area contributed by atoms with Crippen molar-refractivity contribution in [3.8, 4) is 0 Å². The largest absolute Gasteiger partial charge is 0.481 e. The van der Waals surface area contributed by atoms with Crippen molar-refractivity contribution in [1.29, 1.82) is 0 Å². The predicted octanol–water partition coefficient (Wildman–Crippen LogP) is 3.87. The Morgan fingerprint density at radius 2 is 2.25 bits per heavy atom. The highest BCUT2D eigenvalue weighted by Gasteiger charge is 2.24. The van der Waals surface area contributed by atoms with E-state index in [1.807, 2.05) is 6.92 Å². The first-order chi connectivity index (χ1) is 7.54. The summed E-state index contributed by atoms with van der Waals surface area (Å²) in [6, 6.07) is 0. The summed E-state index contributed by atoms with van der Waals surface area (Å²) in [5, 5.41) is 9.10. The SMILES string of the molecule is CC[C@H](C(=O)O)C1=CC[C@@H](CC(C)C)CC1. The maximum absolute atomic E-state index is 11.0. The van der Waals surface area contributed by atoms with Crippen LogP contribution in [-0.4, -0.2) is 11.1 Å². The van der Waals surface area contributed by atoms with Gasteiger partial charge in [-0.05, 0) is 43.9 Å². The number of rotatable bonds is 5. The molecule has 2 atom stereocenters. The lowest BCUT2D eigenvalue weighted by Crippen LogP contribution is -2.19. The van der Waals surface area contributed by atoms with E-state index in [4.69, 9.17) is 5.11 Å². The number of hydrogen-bond donors (Lipinski definition) is 1. The lowest BCUT2D eigenvalue weighted by atomic mass is 9.80. The average Bonchev–Trinajstić information content (AvgIpc) is 2.20. The van der Waals surface area contributed by atoms with Gasteiger partial charge in [0.05, 0.1) is 5.92 Å². The number of hydrogen-bond acceptors (Lipinski definition) is 1. The van der Waals surface area contributed by atoms with Crippen LogP contribution in [-0.2, 0) is 4.79 Å². The Bertz CT molecular complexity index is 266. The Morgan fingerprint density at radius 1 is 1.56 bits per heavy atom. The molecule has 0 spiro atoms. The molecule has 0 saturated carbocycles. The zero-order valence-corrected chi connectivity index (χ0v) is 10.7. The summed E-state index contributed by atoms with van der Waals surface area (Å²) in [4.78, 5) is 11.0. The minimum Gasteiger partial charge on any atom is -0.481 e. The molecule has 0 heterocycles. The van der Waals surface area contributed by atoms with Crippen molar-refractivity contribution in [2.45, 2.75) is 52.9 Å². The van der Waals surface area contributed by atoms with Gasteiger partial charge in [-0.25, -0.2) is 0 Å². The van der Waals surface area contributed by atoms with E-state index in [1.165, 1.54) is 12.8 Å². The molecule has 0 radical (unpaired) electrons. The quantitative estimate of drug-likeness (QED) is 0.720. The van der Waals surface area contributed by atoms with Crippen molar-refractivity contribution in [2.24, 2.45) is 17.8 Å². The van der Waals surface area contributed by atoms with Crippen molar-refractivity contribution in [1.82, 2.24) is 0 Å². The second-order valence-corrected chi connectivity index (χ2v) is 5.35. The molecule has 2 heteroatoms. The van der Waals surface area contributed by atoms with E-state index in [-0.39, 0.29) is 5.92 Å². The molecular weight excluding hydrogens is 200 g/mol. The number of allylic oxidation sites excluding steroid dienone is 1. The summed E-state index contributed by atoms with van der Waals surface area (Å²) in [7, 11) is 0. The van der Waals surface area contributed by atoms with Crippen LogP contribution in [0.3, 0.4) is 0 Å². The molecule has 0 fully saturated rings. The Kier molecular flexibility index (Phi) is 5.04. The van der Waals surface area contributed by atoms with Gasteiger partial charge in [0, 0.05) is 0 Å². The van der Waals surface area contributed by atoms with Crippen LogP contribution in [0.1, 0.15) is 52.9 Å². The van der Waals surface area contributed by atoms with Crippen molar-refractivity contribution >= 4 is 5.97 Å². The van der Waals surface area contributed by atoms with Crippen LogP contribution in [0.25, 0.3) is 0 Å². The van der Waals surface area contributed by atoms with Crippen LogP contribution in [0.2, 0.25) is 0 Å². The fourth-order valence-corrected chi connectivity index (χ4v) is 2.70. The lowest BCUT2D eigenvalue weighted by Gasteiger charge is -2.25. The molecule has 0 aromatic carbocycles. The Hall–Kier alpha value is -0.790. The van der Waals surface area contributed by atoms with Crippen LogP contribution < -0.4 is 0 Å². The molecule has 0 bridgehead atoms. The number of carbonyl (C=O) groups is 1. The molecule has 0 aromatic rings. The second kappa shape index (κ2) is 6.07. The number of carboxylic acid groups (broad SMARTS) is 1. The molecule has 0 saturated heterocycles. The smallest absolute Gasteiger partial charge is 0.310 e. The van der Waals surface area contributed by atoms with E-state index < -0.39 is 5.97 Å². The summed E-state index contributed by atoms with van der Waals surface area (Å²) in [5.74, 6) is 0.632. The monoisotopic (exact) mass is 224 g/mol. The van der Waals surface area contributed by atoms with Gasteiger partial charge in [0.25, 0.3) is 0 Å². The van der Waals surface area contributed by atoms with E-state index >= 15 is 0 Å². The van der Waals surface area contributed by atoms with Gasteiger partial charge in [-0.3, -0.25) is 4.79 Å². The summed E-state index contributed by atoms with van der Waals surface area (Å²) in [5.41, 5.74) is 1.16. The molecule has 2 nitrogen and oxygen atoms in total. The molecule has 0 aromatic heterocycles. The molecule has 0 unspecified atom stereocenters. The molecule has 0 amide bonds. The van der Waals surface area contributed by atoms with Gasteiger partial charge in [-0.15, -0.1) is 0 Å². The minimum atomic E-state index is -0.656. The van der Waals surface area contributed by atoms with Crippen molar-refractivity contribution in [2.75, 3.05) is 0 Å². The molecule has 1 rings (SSSR count). The molecule has 1 N–H and O–H groups in total.